The molecule has 0 heterocycles. The van der Waals surface area contributed by atoms with Crippen LogP contribution in [0.15, 0.2) is 34.1 Å². The van der Waals surface area contributed by atoms with Gasteiger partial charge in [-0.1, -0.05) is 23.2 Å². The Morgan fingerprint density at radius 2 is 1.00 bits per heavy atom. The summed E-state index contributed by atoms with van der Waals surface area (Å²) in [5.74, 6) is 0. The smallest absolute Gasteiger partial charge is 0.744 e. The molecule has 0 aliphatic carbocycles. The Morgan fingerprint density at radius 3 is 1.22 bits per heavy atom. The number of anilines is 2. The zero-order chi connectivity index (χ0) is 20.4. The summed E-state index contributed by atoms with van der Waals surface area (Å²) in [7, 11) is -9.07. The predicted molar refractivity (Wildman–Crippen MR) is 97.1 cm³/mol. The van der Waals surface area contributed by atoms with E-state index in [0.717, 1.165) is 12.1 Å². The van der Waals surface area contributed by atoms with Gasteiger partial charge >= 0.3 is 16.5 Å². The molecule has 0 atom stereocenters. The second-order valence-electron chi connectivity index (χ2n) is 5.19. The van der Waals surface area contributed by atoms with Gasteiger partial charge in [0, 0.05) is 11.4 Å². The fraction of sp³-hybridized carbons (Fsp3) is 0.143. The number of nitrogen functional groups attached to an aromatic ring is 2. The molecule has 0 saturated heterocycles. The Hall–Kier alpha value is -1.07. The maximum atomic E-state index is 10.6. The molecule has 8 nitrogen and oxygen atoms in total. The van der Waals surface area contributed by atoms with Gasteiger partial charge in [-0.15, -0.1) is 0 Å². The first-order chi connectivity index (χ1) is 11.6. The van der Waals surface area contributed by atoms with Crippen LogP contribution < -0.4 is 11.5 Å². The molecule has 152 valence electrons. The molecule has 0 unspecified atom stereocenters. The van der Waals surface area contributed by atoms with Crippen LogP contribution in [0, 0.1) is 13.8 Å². The van der Waals surface area contributed by atoms with Gasteiger partial charge in [0.15, 0.2) is 0 Å². The third-order valence-corrected chi connectivity index (χ3v) is 5.78. The molecule has 0 aliphatic heterocycles. The van der Waals surface area contributed by atoms with Crippen molar-refractivity contribution in [2.24, 2.45) is 0 Å². The fourth-order valence-corrected chi connectivity index (χ4v) is 3.86. The van der Waals surface area contributed by atoms with Crippen molar-refractivity contribution in [1.29, 1.82) is 0 Å². The quantitative estimate of drug-likeness (QED) is 0.360. The SMILES string of the molecule is Cc1cc(Cl)c(S(=O)(=O)[O-])cc1N.Cc1cc(Cl)c(S(=O)(=O)[O-])cc1N.[Ni+2]. The molecule has 13 heteroatoms. The van der Waals surface area contributed by atoms with Crippen molar-refractivity contribution in [2.45, 2.75) is 23.6 Å². The molecular weight excluding hydrogens is 486 g/mol. The summed E-state index contributed by atoms with van der Waals surface area (Å²) in [5, 5.41) is -0.191. The van der Waals surface area contributed by atoms with E-state index in [2.05, 4.69) is 0 Å². The summed E-state index contributed by atoms with van der Waals surface area (Å²) in [6, 6.07) is 4.84. The Kier molecular flexibility index (Phi) is 9.05. The van der Waals surface area contributed by atoms with E-state index in [-0.39, 0.29) is 37.9 Å². The van der Waals surface area contributed by atoms with Gasteiger partial charge in [-0.2, -0.15) is 0 Å². The van der Waals surface area contributed by atoms with Gasteiger partial charge < -0.3 is 20.6 Å². The first-order valence-corrected chi connectivity index (χ1v) is 10.2. The third-order valence-electron chi connectivity index (χ3n) is 3.18. The minimum absolute atomic E-state index is 0. The number of rotatable bonds is 2. The number of aryl methyl sites for hydroxylation is 2. The topological polar surface area (TPSA) is 166 Å². The number of hydrogen-bond acceptors (Lipinski definition) is 8. The normalized spacial score (nSPS) is 11.2. The standard InChI is InChI=1S/2C7H8ClNO3S.Ni/c2*1-4-2-5(8)7(3-6(4)9)13(10,11)12;/h2*2-3H,9H2,1H3,(H,10,11,12);/q;;+2/p-2. The van der Waals surface area contributed by atoms with Crippen molar-refractivity contribution >= 4 is 54.8 Å². The largest absolute Gasteiger partial charge is 2.00 e. The summed E-state index contributed by atoms with van der Waals surface area (Å²) in [6.45, 7) is 3.34. The molecule has 0 bridgehead atoms. The van der Waals surface area contributed by atoms with Crippen molar-refractivity contribution < 1.29 is 42.4 Å². The minimum Gasteiger partial charge on any atom is -0.744 e. The van der Waals surface area contributed by atoms with Crippen LogP contribution in [0.5, 0.6) is 0 Å². The van der Waals surface area contributed by atoms with Crippen LogP contribution in [0.4, 0.5) is 11.4 Å². The Balaban J connectivity index is 0.000000483. The minimum atomic E-state index is -4.53. The van der Waals surface area contributed by atoms with Gasteiger partial charge in [0.2, 0.25) is 0 Å². The zero-order valence-corrected chi connectivity index (χ0v) is 17.9. The van der Waals surface area contributed by atoms with Crippen LogP contribution in [0.25, 0.3) is 0 Å². The van der Waals surface area contributed by atoms with E-state index in [1.165, 1.54) is 12.1 Å². The van der Waals surface area contributed by atoms with Crippen LogP contribution in [-0.4, -0.2) is 25.9 Å². The van der Waals surface area contributed by atoms with E-state index in [9.17, 15) is 25.9 Å². The van der Waals surface area contributed by atoms with Crippen molar-refractivity contribution in [3.8, 4) is 0 Å². The first kappa shape index (κ1) is 25.9. The van der Waals surface area contributed by atoms with Gasteiger partial charge in [-0.25, -0.2) is 16.8 Å². The van der Waals surface area contributed by atoms with Gasteiger partial charge in [0.1, 0.15) is 20.2 Å². The summed E-state index contributed by atoms with van der Waals surface area (Å²) in [4.78, 5) is -0.950. The maximum absolute atomic E-state index is 10.6. The zero-order valence-electron chi connectivity index (χ0n) is 13.8. The number of hydrogen-bond donors (Lipinski definition) is 2. The van der Waals surface area contributed by atoms with Crippen LogP contribution in [0.3, 0.4) is 0 Å². The number of nitrogens with two attached hydrogens (primary N) is 2. The van der Waals surface area contributed by atoms with E-state index in [1.54, 1.807) is 13.8 Å². The molecule has 0 saturated carbocycles. The molecule has 2 aromatic carbocycles. The molecule has 4 N–H and O–H groups in total. The van der Waals surface area contributed by atoms with Crippen LogP contribution in [-0.2, 0) is 36.7 Å². The molecule has 2 rings (SSSR count). The molecule has 0 aliphatic rings. The van der Waals surface area contributed by atoms with Gasteiger partial charge in [-0.3, -0.25) is 0 Å². The molecular formula is C14H14Cl2N2NiO6S2. The molecule has 0 spiro atoms. The molecule has 0 radical (unpaired) electrons. The number of benzene rings is 2. The fourth-order valence-electron chi connectivity index (χ4n) is 1.72. The molecule has 0 aromatic heterocycles. The van der Waals surface area contributed by atoms with Gasteiger partial charge in [0.05, 0.1) is 19.8 Å². The second-order valence-corrected chi connectivity index (χ2v) is 8.70. The van der Waals surface area contributed by atoms with Crippen LogP contribution in [0.2, 0.25) is 10.0 Å². The van der Waals surface area contributed by atoms with E-state index in [1.807, 2.05) is 0 Å². The molecule has 27 heavy (non-hydrogen) atoms. The van der Waals surface area contributed by atoms with E-state index in [0.29, 0.717) is 11.1 Å². The molecule has 0 fully saturated rings. The number of halogens is 2. The third kappa shape index (κ3) is 7.11. The van der Waals surface area contributed by atoms with E-state index in [4.69, 9.17) is 34.7 Å². The molecule has 0 amide bonds. The Bertz CT molecular complexity index is 974. The first-order valence-electron chi connectivity index (χ1n) is 6.67. The Morgan fingerprint density at radius 1 is 0.741 bits per heavy atom. The van der Waals surface area contributed by atoms with Crippen molar-refractivity contribution in [3.05, 3.63) is 45.4 Å². The summed E-state index contributed by atoms with van der Waals surface area (Å²) >= 11 is 11.1. The average molecular weight is 500 g/mol. The summed E-state index contributed by atoms with van der Waals surface area (Å²) in [6.07, 6.45) is 0. The Labute approximate surface area is 177 Å². The summed E-state index contributed by atoms with van der Waals surface area (Å²) < 4.78 is 63.7. The van der Waals surface area contributed by atoms with Crippen molar-refractivity contribution in [2.75, 3.05) is 11.5 Å². The average Bonchev–Trinajstić information content (AvgIpc) is 2.45. The maximum Gasteiger partial charge on any atom is 2.00 e. The monoisotopic (exact) mass is 498 g/mol. The van der Waals surface area contributed by atoms with E-state index < -0.39 is 30.0 Å². The summed E-state index contributed by atoms with van der Waals surface area (Å²) in [5.41, 5.74) is 12.6. The van der Waals surface area contributed by atoms with Gasteiger partial charge in [-0.05, 0) is 49.2 Å². The van der Waals surface area contributed by atoms with Crippen molar-refractivity contribution in [1.82, 2.24) is 0 Å². The predicted octanol–water partition coefficient (Wildman–Crippen LogP) is 2.27. The second kappa shape index (κ2) is 9.42. The van der Waals surface area contributed by atoms with Crippen molar-refractivity contribution in [3.63, 3.8) is 0 Å². The van der Waals surface area contributed by atoms with Crippen LogP contribution >= 0.6 is 23.2 Å². The molecule has 2 aromatic rings. The van der Waals surface area contributed by atoms with E-state index >= 15 is 0 Å². The van der Waals surface area contributed by atoms with Gasteiger partial charge in [0.25, 0.3) is 0 Å². The van der Waals surface area contributed by atoms with Crippen LogP contribution in [0.1, 0.15) is 11.1 Å².